The third-order valence-electron chi connectivity index (χ3n) is 2.78. The summed E-state index contributed by atoms with van der Waals surface area (Å²) in [5.41, 5.74) is 4.11. The van der Waals surface area contributed by atoms with Crippen LogP contribution in [0.4, 0.5) is 5.69 Å². The molecule has 0 bridgehead atoms. The average Bonchev–Trinajstić information content (AvgIpc) is 2.39. The van der Waals surface area contributed by atoms with Crippen LogP contribution in [0, 0.1) is 6.58 Å². The van der Waals surface area contributed by atoms with Gasteiger partial charge in [0.1, 0.15) is 0 Å². The van der Waals surface area contributed by atoms with Crippen molar-refractivity contribution in [2.75, 3.05) is 19.0 Å². The zero-order valence-electron chi connectivity index (χ0n) is 10.2. The molecule has 0 saturated carbocycles. The van der Waals surface area contributed by atoms with E-state index in [0.717, 1.165) is 16.7 Å². The van der Waals surface area contributed by atoms with Crippen molar-refractivity contribution >= 4 is 11.3 Å². The molecule has 85 valence electrons. The lowest BCUT2D eigenvalue weighted by Gasteiger charge is -2.13. The third kappa shape index (κ3) is 2.56. The number of rotatable bonds is 3. The van der Waals surface area contributed by atoms with E-state index in [1.165, 1.54) is 5.69 Å². The molecule has 0 aromatic heterocycles. The molecule has 1 radical (unpaired) electrons. The van der Waals surface area contributed by atoms with Crippen LogP contribution in [0.2, 0.25) is 0 Å². The zero-order valence-corrected chi connectivity index (χ0v) is 10.2. The molecule has 17 heavy (non-hydrogen) atoms. The number of hydrogen-bond donors (Lipinski definition) is 0. The van der Waals surface area contributed by atoms with Gasteiger partial charge in [-0.25, -0.2) is 0 Å². The van der Waals surface area contributed by atoms with Crippen molar-refractivity contribution in [1.29, 1.82) is 0 Å². The molecule has 0 heterocycles. The number of hydrogen-bond acceptors (Lipinski definition) is 1. The smallest absolute Gasteiger partial charge is 0.0361 e. The van der Waals surface area contributed by atoms with Gasteiger partial charge < -0.3 is 4.90 Å². The van der Waals surface area contributed by atoms with Crippen molar-refractivity contribution in [1.82, 2.24) is 0 Å². The molecule has 1 heteroatoms. The first-order valence-corrected chi connectivity index (χ1v) is 5.64. The molecule has 0 unspecified atom stereocenters. The monoisotopic (exact) mass is 222 g/mol. The minimum absolute atomic E-state index is 0.816. The van der Waals surface area contributed by atoms with E-state index in [2.05, 4.69) is 29.2 Å². The summed E-state index contributed by atoms with van der Waals surface area (Å²) < 4.78 is 0. The average molecular weight is 222 g/mol. The van der Waals surface area contributed by atoms with Crippen LogP contribution in [0.1, 0.15) is 11.1 Å². The van der Waals surface area contributed by atoms with Gasteiger partial charge in [-0.3, -0.25) is 0 Å². The largest absolute Gasteiger partial charge is 0.378 e. The predicted octanol–water partition coefficient (Wildman–Crippen LogP) is 3.62. The van der Waals surface area contributed by atoms with E-state index in [1.54, 1.807) is 0 Å². The maximum Gasteiger partial charge on any atom is 0.0361 e. The Morgan fingerprint density at radius 1 is 0.824 bits per heavy atom. The van der Waals surface area contributed by atoms with Gasteiger partial charge in [-0.05, 0) is 28.8 Å². The molecular weight excluding hydrogens is 206 g/mol. The van der Waals surface area contributed by atoms with E-state index < -0.39 is 0 Å². The Hall–Kier alpha value is -2.02. The molecule has 0 aliphatic rings. The van der Waals surface area contributed by atoms with Crippen LogP contribution in [0.15, 0.2) is 54.6 Å². The van der Waals surface area contributed by atoms with Crippen LogP contribution in [0.3, 0.4) is 0 Å². The summed E-state index contributed by atoms with van der Waals surface area (Å²) in [5.74, 6) is 0. The lowest BCUT2D eigenvalue weighted by molar-refractivity contribution is 1.13. The molecular formula is C16H16N. The van der Waals surface area contributed by atoms with Crippen LogP contribution < -0.4 is 4.90 Å². The Morgan fingerprint density at radius 2 is 1.35 bits per heavy atom. The first-order valence-electron chi connectivity index (χ1n) is 5.64. The Balaban J connectivity index is 2.27. The fourth-order valence-electron chi connectivity index (χ4n) is 1.72. The Morgan fingerprint density at radius 3 is 1.88 bits per heavy atom. The van der Waals surface area contributed by atoms with E-state index in [-0.39, 0.29) is 0 Å². The van der Waals surface area contributed by atoms with Gasteiger partial charge in [0.2, 0.25) is 0 Å². The second-order valence-corrected chi connectivity index (χ2v) is 4.22. The summed E-state index contributed by atoms with van der Waals surface area (Å²) in [7, 11) is 4.05. The molecule has 0 N–H and O–H groups in total. The molecule has 0 amide bonds. The summed E-state index contributed by atoms with van der Waals surface area (Å²) in [5, 5.41) is 0. The van der Waals surface area contributed by atoms with Gasteiger partial charge in [0.25, 0.3) is 0 Å². The highest BCUT2D eigenvalue weighted by Crippen LogP contribution is 2.23. The summed E-state index contributed by atoms with van der Waals surface area (Å²) in [6.45, 7) is 6.15. The molecule has 2 aromatic rings. The van der Waals surface area contributed by atoms with Gasteiger partial charge in [-0.15, -0.1) is 0 Å². The van der Waals surface area contributed by atoms with E-state index in [1.807, 2.05) is 44.4 Å². The molecule has 2 rings (SSSR count). The Kier molecular flexibility index (Phi) is 3.29. The van der Waals surface area contributed by atoms with Crippen LogP contribution in [-0.4, -0.2) is 14.1 Å². The fraction of sp³-hybridized carbons (Fsp3) is 0.125. The lowest BCUT2D eigenvalue weighted by atomic mass is 9.99. The van der Waals surface area contributed by atoms with Crippen molar-refractivity contribution in [2.24, 2.45) is 0 Å². The van der Waals surface area contributed by atoms with E-state index in [9.17, 15) is 0 Å². The predicted molar refractivity (Wildman–Crippen MR) is 74.0 cm³/mol. The molecule has 0 spiro atoms. The Labute approximate surface area is 103 Å². The van der Waals surface area contributed by atoms with Crippen molar-refractivity contribution in [3.8, 4) is 0 Å². The van der Waals surface area contributed by atoms with Crippen LogP contribution >= 0.6 is 0 Å². The van der Waals surface area contributed by atoms with Crippen molar-refractivity contribution in [3.63, 3.8) is 0 Å². The number of benzene rings is 2. The van der Waals surface area contributed by atoms with E-state index >= 15 is 0 Å². The molecule has 0 aliphatic carbocycles. The second-order valence-electron chi connectivity index (χ2n) is 4.22. The molecule has 0 fully saturated rings. The summed E-state index contributed by atoms with van der Waals surface area (Å²) in [6, 6.07) is 18.3. The summed E-state index contributed by atoms with van der Waals surface area (Å²) in [4.78, 5) is 2.07. The first-order chi connectivity index (χ1) is 8.18. The molecule has 2 aromatic carbocycles. The Bertz CT molecular complexity index is 495. The van der Waals surface area contributed by atoms with Gasteiger partial charge in [0, 0.05) is 19.8 Å². The van der Waals surface area contributed by atoms with E-state index in [4.69, 9.17) is 6.58 Å². The quantitative estimate of drug-likeness (QED) is 0.766. The minimum Gasteiger partial charge on any atom is -0.378 e. The van der Waals surface area contributed by atoms with Gasteiger partial charge in [0.05, 0.1) is 0 Å². The zero-order chi connectivity index (χ0) is 12.3. The maximum atomic E-state index is 6.15. The lowest BCUT2D eigenvalue weighted by Crippen LogP contribution is -2.08. The maximum absolute atomic E-state index is 6.15. The number of nitrogens with zero attached hydrogens (tertiary/aromatic N) is 1. The van der Waals surface area contributed by atoms with Crippen LogP contribution in [0.25, 0.3) is 5.57 Å². The normalized spacial score (nSPS) is 10.0. The van der Waals surface area contributed by atoms with Crippen LogP contribution in [0.5, 0.6) is 0 Å². The van der Waals surface area contributed by atoms with Crippen LogP contribution in [-0.2, 0) is 0 Å². The van der Waals surface area contributed by atoms with Gasteiger partial charge in [-0.2, -0.15) is 0 Å². The molecule has 0 aliphatic heterocycles. The van der Waals surface area contributed by atoms with Crippen molar-refractivity contribution in [3.05, 3.63) is 72.3 Å². The summed E-state index contributed by atoms with van der Waals surface area (Å²) in [6.07, 6.45) is 0. The SMILES string of the molecule is [CH]=C(c1ccccc1)c1ccc(N(C)C)cc1. The molecule has 0 saturated heterocycles. The molecule has 0 atom stereocenters. The minimum atomic E-state index is 0.816. The second kappa shape index (κ2) is 4.88. The first kappa shape index (κ1) is 11.5. The highest BCUT2D eigenvalue weighted by atomic mass is 15.1. The molecule has 1 nitrogen and oxygen atoms in total. The highest BCUT2D eigenvalue weighted by Gasteiger charge is 2.02. The van der Waals surface area contributed by atoms with Gasteiger partial charge in [-0.1, -0.05) is 49.0 Å². The van der Waals surface area contributed by atoms with Gasteiger partial charge in [0.15, 0.2) is 0 Å². The summed E-state index contributed by atoms with van der Waals surface area (Å²) >= 11 is 0. The van der Waals surface area contributed by atoms with Crippen molar-refractivity contribution < 1.29 is 0 Å². The van der Waals surface area contributed by atoms with Gasteiger partial charge >= 0.3 is 0 Å². The number of anilines is 1. The van der Waals surface area contributed by atoms with E-state index in [0.29, 0.717) is 0 Å². The topological polar surface area (TPSA) is 3.24 Å². The standard InChI is InChI=1S/C16H16N/c1-13(14-7-5-4-6-8-14)15-9-11-16(12-10-15)17(2)3/h1,4-12H,2-3H3. The highest BCUT2D eigenvalue weighted by molar-refractivity contribution is 5.77. The van der Waals surface area contributed by atoms with Crippen molar-refractivity contribution in [2.45, 2.75) is 0 Å². The third-order valence-corrected chi connectivity index (χ3v) is 2.78. The fourth-order valence-corrected chi connectivity index (χ4v) is 1.72.